The predicted octanol–water partition coefficient (Wildman–Crippen LogP) is 0.852. The SMILES string of the molecule is F[C-]=C(c1ccccc1)c1ccccc1.[Li+]. The van der Waals surface area contributed by atoms with E-state index >= 15 is 0 Å². The molecule has 2 heteroatoms. The minimum atomic E-state index is 0. The minimum Gasteiger partial charge on any atom is -0.295 e. The molecule has 0 spiro atoms. The van der Waals surface area contributed by atoms with Gasteiger partial charge >= 0.3 is 18.9 Å². The summed E-state index contributed by atoms with van der Waals surface area (Å²) in [6.07, 6.45) is 1.75. The summed E-state index contributed by atoms with van der Waals surface area (Å²) in [6, 6.07) is 18.8. The number of hydrogen-bond acceptors (Lipinski definition) is 0. The first-order valence-corrected chi connectivity index (χ1v) is 4.76. The van der Waals surface area contributed by atoms with Gasteiger partial charge in [0.1, 0.15) is 0 Å². The molecule has 0 nitrogen and oxygen atoms in total. The van der Waals surface area contributed by atoms with Crippen LogP contribution in [-0.4, -0.2) is 0 Å². The molecular formula is C14H10FLi. The summed E-state index contributed by atoms with van der Waals surface area (Å²) >= 11 is 0. The molecule has 2 aromatic carbocycles. The van der Waals surface area contributed by atoms with Gasteiger partial charge in [0.25, 0.3) is 0 Å². The second-order valence-corrected chi connectivity index (χ2v) is 3.20. The summed E-state index contributed by atoms with van der Waals surface area (Å²) in [4.78, 5) is 0. The predicted molar refractivity (Wildman–Crippen MR) is 59.7 cm³/mol. The van der Waals surface area contributed by atoms with Gasteiger partial charge in [-0.25, -0.2) is 0 Å². The first-order chi connectivity index (χ1) is 7.42. The first kappa shape index (κ1) is 12.8. The van der Waals surface area contributed by atoms with Crippen LogP contribution in [0.15, 0.2) is 60.7 Å². The molecule has 0 unspecified atom stereocenters. The molecule has 2 rings (SSSR count). The first-order valence-electron chi connectivity index (χ1n) is 4.76. The van der Waals surface area contributed by atoms with Gasteiger partial charge in [-0.1, -0.05) is 36.4 Å². The van der Waals surface area contributed by atoms with Gasteiger partial charge in [0.2, 0.25) is 0 Å². The van der Waals surface area contributed by atoms with Crippen LogP contribution < -0.4 is 18.9 Å². The Hall–Kier alpha value is -1.29. The fourth-order valence-corrected chi connectivity index (χ4v) is 1.49. The van der Waals surface area contributed by atoms with Crippen molar-refractivity contribution in [2.24, 2.45) is 0 Å². The molecule has 0 amide bonds. The van der Waals surface area contributed by atoms with Gasteiger partial charge in [-0.2, -0.15) is 0 Å². The maximum Gasteiger partial charge on any atom is 1.00 e. The summed E-state index contributed by atoms with van der Waals surface area (Å²) in [5.41, 5.74) is 2.17. The van der Waals surface area contributed by atoms with Gasteiger partial charge in [0, 0.05) is 0 Å². The largest absolute Gasteiger partial charge is 1.00 e. The topological polar surface area (TPSA) is 0 Å². The number of rotatable bonds is 2. The Balaban J connectivity index is 0.00000128. The zero-order valence-electron chi connectivity index (χ0n) is 9.15. The quantitative estimate of drug-likeness (QED) is 0.502. The van der Waals surface area contributed by atoms with Gasteiger partial charge in [-0.05, 0) is 6.33 Å². The van der Waals surface area contributed by atoms with Crippen molar-refractivity contribution < 1.29 is 23.3 Å². The standard InChI is InChI=1S/C14H10F.Li/c15-11-14(12-7-3-1-4-8-12)13-9-5-2-6-10-13;/h1-10H;/q-1;+1. The van der Waals surface area contributed by atoms with Crippen LogP contribution in [0.25, 0.3) is 5.57 Å². The van der Waals surface area contributed by atoms with E-state index in [4.69, 9.17) is 0 Å². The molecule has 0 atom stereocenters. The molecule has 0 saturated heterocycles. The minimum absolute atomic E-state index is 0. The van der Waals surface area contributed by atoms with Gasteiger partial charge in [0.15, 0.2) is 0 Å². The maximum atomic E-state index is 12.7. The zero-order chi connectivity index (χ0) is 10.5. The molecule has 0 fully saturated rings. The van der Waals surface area contributed by atoms with Crippen LogP contribution in [-0.2, 0) is 0 Å². The van der Waals surface area contributed by atoms with Crippen LogP contribution in [0.4, 0.5) is 4.39 Å². The number of hydrogen-bond donors (Lipinski definition) is 0. The maximum absolute atomic E-state index is 12.7. The monoisotopic (exact) mass is 204 g/mol. The van der Waals surface area contributed by atoms with Crippen molar-refractivity contribution in [3.63, 3.8) is 0 Å². The van der Waals surface area contributed by atoms with Gasteiger partial charge < -0.3 is 0 Å². The van der Waals surface area contributed by atoms with Crippen LogP contribution in [0.3, 0.4) is 0 Å². The van der Waals surface area contributed by atoms with E-state index in [2.05, 4.69) is 0 Å². The average Bonchev–Trinajstić information content (AvgIpc) is 2.33. The van der Waals surface area contributed by atoms with E-state index in [0.29, 0.717) is 5.57 Å². The van der Waals surface area contributed by atoms with E-state index in [9.17, 15) is 4.39 Å². The van der Waals surface area contributed by atoms with Crippen LogP contribution >= 0.6 is 0 Å². The normalized spacial score (nSPS) is 9.06. The fourth-order valence-electron chi connectivity index (χ4n) is 1.49. The summed E-state index contributed by atoms with van der Waals surface area (Å²) in [6.45, 7) is 0. The Labute approximate surface area is 107 Å². The molecule has 74 valence electrons. The fraction of sp³-hybridized carbons (Fsp3) is 0. The van der Waals surface area contributed by atoms with Crippen molar-refractivity contribution in [1.29, 1.82) is 0 Å². The van der Waals surface area contributed by atoms with Crippen LogP contribution in [0.1, 0.15) is 11.1 Å². The molecule has 2 aromatic rings. The third kappa shape index (κ3) is 2.85. The molecule has 0 aliphatic rings. The third-order valence-corrected chi connectivity index (χ3v) is 2.22. The summed E-state index contributed by atoms with van der Waals surface area (Å²) in [5.74, 6) is 0. The number of benzene rings is 2. The average molecular weight is 204 g/mol. The van der Waals surface area contributed by atoms with Crippen LogP contribution in [0.2, 0.25) is 0 Å². The van der Waals surface area contributed by atoms with E-state index in [-0.39, 0.29) is 18.9 Å². The molecule has 0 heterocycles. The Morgan fingerprint density at radius 2 is 1.12 bits per heavy atom. The summed E-state index contributed by atoms with van der Waals surface area (Å²) in [5, 5.41) is 0. The third-order valence-electron chi connectivity index (χ3n) is 2.22. The van der Waals surface area contributed by atoms with E-state index in [0.717, 1.165) is 11.1 Å². The molecule has 0 aliphatic carbocycles. The summed E-state index contributed by atoms with van der Waals surface area (Å²) in [7, 11) is 0. The van der Waals surface area contributed by atoms with Crippen molar-refractivity contribution in [3.05, 3.63) is 78.1 Å². The summed E-state index contributed by atoms with van der Waals surface area (Å²) < 4.78 is 12.7. The molecule has 0 radical (unpaired) electrons. The molecule has 0 aliphatic heterocycles. The molecular weight excluding hydrogens is 194 g/mol. The van der Waals surface area contributed by atoms with E-state index in [1.807, 2.05) is 60.7 Å². The van der Waals surface area contributed by atoms with Crippen LogP contribution in [0, 0.1) is 6.33 Å². The van der Waals surface area contributed by atoms with E-state index in [1.165, 1.54) is 0 Å². The number of halogens is 1. The van der Waals surface area contributed by atoms with E-state index < -0.39 is 0 Å². The van der Waals surface area contributed by atoms with Crippen molar-refractivity contribution in [2.75, 3.05) is 0 Å². The van der Waals surface area contributed by atoms with Gasteiger partial charge in [-0.15, -0.1) is 41.0 Å². The Morgan fingerprint density at radius 3 is 1.44 bits per heavy atom. The van der Waals surface area contributed by atoms with E-state index in [1.54, 1.807) is 6.33 Å². The molecule has 0 N–H and O–H groups in total. The van der Waals surface area contributed by atoms with Gasteiger partial charge in [0.05, 0.1) is 0 Å². The second-order valence-electron chi connectivity index (χ2n) is 3.20. The molecule has 0 bridgehead atoms. The smallest absolute Gasteiger partial charge is 0.295 e. The Bertz CT molecular complexity index is 407. The Kier molecular flexibility index (Phi) is 5.05. The Morgan fingerprint density at radius 1 is 0.750 bits per heavy atom. The van der Waals surface area contributed by atoms with Crippen molar-refractivity contribution in [3.8, 4) is 0 Å². The second kappa shape index (κ2) is 6.32. The van der Waals surface area contributed by atoms with Crippen molar-refractivity contribution in [1.82, 2.24) is 0 Å². The van der Waals surface area contributed by atoms with Crippen molar-refractivity contribution in [2.45, 2.75) is 0 Å². The molecule has 16 heavy (non-hydrogen) atoms. The zero-order valence-corrected chi connectivity index (χ0v) is 9.15. The van der Waals surface area contributed by atoms with Crippen molar-refractivity contribution >= 4 is 5.57 Å². The van der Waals surface area contributed by atoms with Gasteiger partial charge in [-0.3, -0.25) is 4.39 Å². The molecule has 0 aromatic heterocycles. The molecule has 0 saturated carbocycles. The van der Waals surface area contributed by atoms with Crippen LogP contribution in [0.5, 0.6) is 0 Å².